The molecule has 8 heteroatoms. The number of nitrogens with zero attached hydrogens (tertiary/aromatic N) is 4. The number of halogens is 3. The number of carbonyl (C=O) groups is 1. The Hall–Kier alpha value is -2.48. The second-order valence-electron chi connectivity index (χ2n) is 8.48. The molecule has 1 atom stereocenters. The first-order valence-corrected chi connectivity index (χ1v) is 10.8. The molecule has 2 aromatic rings. The Kier molecular flexibility index (Phi) is 6.27. The van der Waals surface area contributed by atoms with Crippen molar-refractivity contribution in [3.8, 4) is 11.3 Å². The van der Waals surface area contributed by atoms with Crippen LogP contribution in [0.2, 0.25) is 0 Å². The second kappa shape index (κ2) is 8.94. The lowest BCUT2D eigenvalue weighted by Crippen LogP contribution is -2.49. The highest BCUT2D eigenvalue weighted by atomic mass is 19.4. The number of alkyl halides is 3. The van der Waals surface area contributed by atoms with Crippen LogP contribution >= 0.6 is 0 Å². The number of benzene rings is 1. The number of amides is 1. The van der Waals surface area contributed by atoms with Crippen LogP contribution in [0, 0.1) is 0 Å². The number of likely N-dealkylation sites (tertiary alicyclic amines) is 2. The molecule has 0 aliphatic carbocycles. The Morgan fingerprint density at radius 1 is 1.10 bits per heavy atom. The van der Waals surface area contributed by atoms with Crippen molar-refractivity contribution in [2.24, 2.45) is 0 Å². The van der Waals surface area contributed by atoms with Gasteiger partial charge < -0.3 is 4.90 Å². The van der Waals surface area contributed by atoms with Crippen LogP contribution in [-0.2, 0) is 11.0 Å². The summed E-state index contributed by atoms with van der Waals surface area (Å²) in [5.41, 5.74) is 1.04. The predicted octanol–water partition coefficient (Wildman–Crippen LogP) is 4.35. The summed E-state index contributed by atoms with van der Waals surface area (Å²) in [6.07, 6.45) is 2.87. The highest BCUT2D eigenvalue weighted by Crippen LogP contribution is 2.33. The highest BCUT2D eigenvalue weighted by Gasteiger charge is 2.32. The maximum atomic E-state index is 13.1. The van der Waals surface area contributed by atoms with Crippen molar-refractivity contribution < 1.29 is 18.0 Å². The van der Waals surface area contributed by atoms with Gasteiger partial charge in [0.2, 0.25) is 5.91 Å². The van der Waals surface area contributed by atoms with Gasteiger partial charge in [0.1, 0.15) is 0 Å². The van der Waals surface area contributed by atoms with Gasteiger partial charge in [-0.15, -0.1) is 0 Å². The van der Waals surface area contributed by atoms with Crippen molar-refractivity contribution in [2.45, 2.75) is 50.7 Å². The predicted molar refractivity (Wildman–Crippen MR) is 111 cm³/mol. The second-order valence-corrected chi connectivity index (χ2v) is 8.48. The molecule has 0 spiro atoms. The van der Waals surface area contributed by atoms with Gasteiger partial charge in [0.25, 0.3) is 0 Å². The van der Waals surface area contributed by atoms with Gasteiger partial charge in [0.05, 0.1) is 23.1 Å². The summed E-state index contributed by atoms with van der Waals surface area (Å²) in [6.45, 7) is 5.11. The van der Waals surface area contributed by atoms with Gasteiger partial charge in [-0.05, 0) is 44.4 Å². The molecule has 0 bridgehead atoms. The minimum atomic E-state index is -4.39. The Morgan fingerprint density at radius 3 is 2.58 bits per heavy atom. The van der Waals surface area contributed by atoms with E-state index in [1.165, 1.54) is 12.3 Å². The summed E-state index contributed by atoms with van der Waals surface area (Å²) in [7, 11) is 0. The van der Waals surface area contributed by atoms with Gasteiger partial charge in [-0.3, -0.25) is 14.7 Å². The van der Waals surface area contributed by atoms with Gasteiger partial charge in [-0.1, -0.05) is 12.1 Å². The quantitative estimate of drug-likeness (QED) is 0.724. The molecule has 0 saturated carbocycles. The summed E-state index contributed by atoms with van der Waals surface area (Å²) in [5.74, 6) is 0.342. The molecule has 1 amide bonds. The highest BCUT2D eigenvalue weighted by molar-refractivity contribution is 5.73. The van der Waals surface area contributed by atoms with Crippen LogP contribution in [0.4, 0.5) is 13.2 Å². The zero-order valence-corrected chi connectivity index (χ0v) is 17.6. The fourth-order valence-corrected chi connectivity index (χ4v) is 4.70. The van der Waals surface area contributed by atoms with Gasteiger partial charge in [-0.25, -0.2) is 4.98 Å². The molecule has 0 N–H and O–H groups in total. The van der Waals surface area contributed by atoms with E-state index in [9.17, 15) is 18.0 Å². The van der Waals surface area contributed by atoms with Crippen molar-refractivity contribution in [1.29, 1.82) is 0 Å². The lowest BCUT2D eigenvalue weighted by molar-refractivity contribution is -0.137. The number of aromatic nitrogens is 2. The smallest absolute Gasteiger partial charge is 0.343 e. The van der Waals surface area contributed by atoms with E-state index < -0.39 is 11.7 Å². The summed E-state index contributed by atoms with van der Waals surface area (Å²) in [5, 5.41) is 0. The van der Waals surface area contributed by atoms with Gasteiger partial charge in [-0.2, -0.15) is 13.2 Å². The zero-order chi connectivity index (χ0) is 22.0. The first-order valence-electron chi connectivity index (χ1n) is 10.8. The average molecular weight is 432 g/mol. The van der Waals surface area contributed by atoms with E-state index in [1.807, 2.05) is 4.90 Å². The third kappa shape index (κ3) is 5.06. The summed E-state index contributed by atoms with van der Waals surface area (Å²) in [4.78, 5) is 25.0. The Bertz CT molecular complexity index is 925. The largest absolute Gasteiger partial charge is 0.416 e. The Labute approximate surface area is 180 Å². The molecule has 1 aromatic heterocycles. The molecule has 3 heterocycles. The van der Waals surface area contributed by atoms with Crippen molar-refractivity contribution >= 4 is 5.91 Å². The van der Waals surface area contributed by atoms with E-state index >= 15 is 0 Å². The third-order valence-corrected chi connectivity index (χ3v) is 6.44. The maximum Gasteiger partial charge on any atom is 0.416 e. The van der Waals surface area contributed by atoms with Crippen LogP contribution in [0.1, 0.15) is 49.8 Å². The maximum absolute atomic E-state index is 13.1. The molecule has 1 aromatic carbocycles. The number of piperidine rings is 2. The Morgan fingerprint density at radius 2 is 1.87 bits per heavy atom. The first kappa shape index (κ1) is 21.7. The lowest BCUT2D eigenvalue weighted by atomic mass is 9.91. The van der Waals surface area contributed by atoms with Gasteiger partial charge >= 0.3 is 6.18 Å². The summed E-state index contributed by atoms with van der Waals surface area (Å²) < 4.78 is 39.2. The van der Waals surface area contributed by atoms with E-state index in [1.54, 1.807) is 19.2 Å². The SMILES string of the molecule is CC(=O)N1CCC(N2CCCC(c3cncc(-c4cccc(C(F)(F)F)c4)n3)C2)CC1. The van der Waals surface area contributed by atoms with Crippen molar-refractivity contribution in [3.63, 3.8) is 0 Å². The van der Waals surface area contributed by atoms with Crippen LogP contribution in [0.25, 0.3) is 11.3 Å². The van der Waals surface area contributed by atoms with E-state index in [2.05, 4.69) is 9.88 Å². The molecule has 2 fully saturated rings. The fraction of sp³-hybridized carbons (Fsp3) is 0.522. The van der Waals surface area contributed by atoms with Crippen LogP contribution in [0.5, 0.6) is 0 Å². The average Bonchev–Trinajstić information content (AvgIpc) is 2.79. The van der Waals surface area contributed by atoms with Gasteiger partial charge in [0.15, 0.2) is 0 Å². The zero-order valence-electron chi connectivity index (χ0n) is 17.6. The molecule has 166 valence electrons. The van der Waals surface area contributed by atoms with Crippen LogP contribution < -0.4 is 0 Å². The third-order valence-electron chi connectivity index (χ3n) is 6.44. The van der Waals surface area contributed by atoms with E-state index in [-0.39, 0.29) is 11.8 Å². The van der Waals surface area contributed by atoms with Crippen LogP contribution in [0.15, 0.2) is 36.7 Å². The molecule has 31 heavy (non-hydrogen) atoms. The molecule has 4 rings (SSSR count). The lowest BCUT2D eigenvalue weighted by Gasteiger charge is -2.42. The number of rotatable bonds is 3. The molecular weight excluding hydrogens is 405 g/mol. The standard InChI is InChI=1S/C23H27F3N4O/c1-16(31)29-10-7-20(8-11-29)30-9-3-5-18(15-30)22-14-27-13-21(28-22)17-4-2-6-19(12-17)23(24,25)26/h2,4,6,12-14,18,20H,3,5,7-11,15H2,1H3. The molecule has 1 unspecified atom stereocenters. The van der Waals surface area contributed by atoms with Crippen molar-refractivity contribution in [1.82, 2.24) is 19.8 Å². The van der Waals surface area contributed by atoms with Crippen molar-refractivity contribution in [2.75, 3.05) is 26.2 Å². The molecule has 2 aliphatic heterocycles. The first-order chi connectivity index (χ1) is 14.8. The minimum Gasteiger partial charge on any atom is -0.343 e. The van der Waals surface area contributed by atoms with Gasteiger partial charge in [0, 0.05) is 50.3 Å². The molecule has 2 saturated heterocycles. The van der Waals surface area contributed by atoms with E-state index in [0.717, 1.165) is 69.7 Å². The normalized spacial score (nSPS) is 21.3. The molecule has 5 nitrogen and oxygen atoms in total. The molecule has 2 aliphatic rings. The van der Waals surface area contributed by atoms with Crippen molar-refractivity contribution in [3.05, 3.63) is 47.9 Å². The molecular formula is C23H27F3N4O. The summed E-state index contributed by atoms with van der Waals surface area (Å²) >= 11 is 0. The van der Waals surface area contributed by atoms with E-state index in [0.29, 0.717) is 17.3 Å². The topological polar surface area (TPSA) is 49.3 Å². The fourth-order valence-electron chi connectivity index (χ4n) is 4.70. The minimum absolute atomic E-state index is 0.136. The number of carbonyl (C=O) groups excluding carboxylic acids is 1. The monoisotopic (exact) mass is 432 g/mol. The number of hydrogen-bond acceptors (Lipinski definition) is 4. The summed E-state index contributed by atoms with van der Waals surface area (Å²) in [6, 6.07) is 5.69. The molecule has 0 radical (unpaired) electrons. The van der Waals surface area contributed by atoms with Crippen LogP contribution in [-0.4, -0.2) is 57.9 Å². The Balaban J connectivity index is 1.47. The van der Waals surface area contributed by atoms with E-state index in [4.69, 9.17) is 4.98 Å². The van der Waals surface area contributed by atoms with Crippen LogP contribution in [0.3, 0.4) is 0 Å². The number of hydrogen-bond donors (Lipinski definition) is 0.